The average Bonchev–Trinajstić information content (AvgIpc) is 2.01. The Balaban J connectivity index is 4.01. The van der Waals surface area contributed by atoms with Gasteiger partial charge in [0.25, 0.3) is 0 Å². The maximum Gasteiger partial charge on any atom is 0.153 e. The molecule has 0 fully saturated rings. The summed E-state index contributed by atoms with van der Waals surface area (Å²) in [6, 6.07) is 0. The standard InChI is InChI=1S/C7H17NO2S2/c1-7(3-4-8)12(9,10)6-5-11-2/h7H,3-6,8H2,1-2H3. The van der Waals surface area contributed by atoms with Crippen molar-refractivity contribution in [2.75, 3.05) is 24.3 Å². The van der Waals surface area contributed by atoms with E-state index in [1.807, 2.05) is 6.26 Å². The lowest BCUT2D eigenvalue weighted by Crippen LogP contribution is -2.24. The Bertz CT molecular complexity index is 201. The number of rotatable bonds is 6. The monoisotopic (exact) mass is 211 g/mol. The van der Waals surface area contributed by atoms with Crippen LogP contribution in [0, 0.1) is 0 Å². The molecule has 74 valence electrons. The Morgan fingerprint density at radius 2 is 2.08 bits per heavy atom. The third-order valence-corrected chi connectivity index (χ3v) is 4.86. The molecule has 5 heteroatoms. The molecule has 12 heavy (non-hydrogen) atoms. The van der Waals surface area contributed by atoms with E-state index in [0.29, 0.717) is 18.7 Å². The highest BCUT2D eigenvalue weighted by molar-refractivity contribution is 8.00. The van der Waals surface area contributed by atoms with Crippen LogP contribution in [-0.4, -0.2) is 38.0 Å². The lowest BCUT2D eigenvalue weighted by atomic mass is 10.3. The fourth-order valence-corrected chi connectivity index (χ4v) is 3.31. The van der Waals surface area contributed by atoms with Crippen LogP contribution in [0.25, 0.3) is 0 Å². The number of thioether (sulfide) groups is 1. The first-order valence-corrected chi connectivity index (χ1v) is 7.06. The van der Waals surface area contributed by atoms with Gasteiger partial charge in [-0.25, -0.2) is 8.42 Å². The van der Waals surface area contributed by atoms with Gasteiger partial charge in [-0.3, -0.25) is 0 Å². The quantitative estimate of drug-likeness (QED) is 0.695. The molecule has 3 nitrogen and oxygen atoms in total. The molecule has 0 saturated carbocycles. The molecule has 0 aromatic rings. The topological polar surface area (TPSA) is 60.2 Å². The van der Waals surface area contributed by atoms with Gasteiger partial charge in [0.1, 0.15) is 0 Å². The van der Waals surface area contributed by atoms with E-state index in [9.17, 15) is 8.42 Å². The Hall–Kier alpha value is 0.260. The summed E-state index contributed by atoms with van der Waals surface area (Å²) in [6.45, 7) is 2.17. The Morgan fingerprint density at radius 3 is 2.50 bits per heavy atom. The van der Waals surface area contributed by atoms with Crippen LogP contribution in [0.1, 0.15) is 13.3 Å². The average molecular weight is 211 g/mol. The van der Waals surface area contributed by atoms with E-state index < -0.39 is 9.84 Å². The van der Waals surface area contributed by atoms with Crippen LogP contribution >= 0.6 is 11.8 Å². The molecule has 2 N–H and O–H groups in total. The molecule has 0 rings (SSSR count). The number of sulfone groups is 1. The van der Waals surface area contributed by atoms with Crippen LogP contribution in [0.4, 0.5) is 0 Å². The van der Waals surface area contributed by atoms with E-state index in [4.69, 9.17) is 5.73 Å². The van der Waals surface area contributed by atoms with Gasteiger partial charge in [-0.05, 0) is 26.1 Å². The first-order valence-electron chi connectivity index (χ1n) is 3.95. The van der Waals surface area contributed by atoms with Crippen molar-refractivity contribution in [3.8, 4) is 0 Å². The molecule has 0 radical (unpaired) electrons. The van der Waals surface area contributed by atoms with E-state index >= 15 is 0 Å². The van der Waals surface area contributed by atoms with Crippen LogP contribution in [0.5, 0.6) is 0 Å². The molecule has 0 aromatic carbocycles. The number of hydrogen-bond acceptors (Lipinski definition) is 4. The summed E-state index contributed by atoms with van der Waals surface area (Å²) >= 11 is 1.55. The second kappa shape index (κ2) is 5.83. The van der Waals surface area contributed by atoms with Gasteiger partial charge in [-0.1, -0.05) is 0 Å². The van der Waals surface area contributed by atoms with Gasteiger partial charge in [-0.15, -0.1) is 0 Å². The largest absolute Gasteiger partial charge is 0.330 e. The third-order valence-electron chi connectivity index (χ3n) is 1.76. The summed E-state index contributed by atoms with van der Waals surface area (Å²) in [4.78, 5) is 0. The molecule has 0 heterocycles. The van der Waals surface area contributed by atoms with Gasteiger partial charge in [-0.2, -0.15) is 11.8 Å². The second-order valence-electron chi connectivity index (χ2n) is 2.75. The Labute approximate surface area is 79.0 Å². The molecule has 0 spiro atoms. The van der Waals surface area contributed by atoms with E-state index in [0.717, 1.165) is 0 Å². The van der Waals surface area contributed by atoms with Crippen LogP contribution in [0.15, 0.2) is 0 Å². The van der Waals surface area contributed by atoms with E-state index in [1.54, 1.807) is 18.7 Å². The molecule has 1 unspecified atom stereocenters. The fraction of sp³-hybridized carbons (Fsp3) is 1.00. The third kappa shape index (κ3) is 4.33. The summed E-state index contributed by atoms with van der Waals surface area (Å²) < 4.78 is 22.8. The van der Waals surface area contributed by atoms with Crippen molar-refractivity contribution in [1.29, 1.82) is 0 Å². The van der Waals surface area contributed by atoms with E-state index in [-0.39, 0.29) is 11.0 Å². The van der Waals surface area contributed by atoms with Gasteiger partial charge in [0, 0.05) is 5.75 Å². The highest BCUT2D eigenvalue weighted by Gasteiger charge is 2.18. The molecule has 0 aliphatic rings. The van der Waals surface area contributed by atoms with Gasteiger partial charge in [0.15, 0.2) is 9.84 Å². The van der Waals surface area contributed by atoms with Gasteiger partial charge in [0.2, 0.25) is 0 Å². The molecule has 0 aliphatic heterocycles. The Morgan fingerprint density at radius 1 is 1.50 bits per heavy atom. The molecule has 0 saturated heterocycles. The molecular weight excluding hydrogens is 194 g/mol. The van der Waals surface area contributed by atoms with Gasteiger partial charge >= 0.3 is 0 Å². The lowest BCUT2D eigenvalue weighted by Gasteiger charge is -2.10. The maximum absolute atomic E-state index is 11.4. The minimum Gasteiger partial charge on any atom is -0.330 e. The van der Waals surface area contributed by atoms with Crippen LogP contribution in [0.3, 0.4) is 0 Å². The Kier molecular flexibility index (Phi) is 5.96. The van der Waals surface area contributed by atoms with Gasteiger partial charge < -0.3 is 5.73 Å². The minimum atomic E-state index is -2.89. The molecule has 0 aromatic heterocycles. The molecule has 0 bridgehead atoms. The van der Waals surface area contributed by atoms with Crippen molar-refractivity contribution < 1.29 is 8.42 Å². The van der Waals surface area contributed by atoms with Crippen molar-refractivity contribution in [1.82, 2.24) is 0 Å². The molecule has 0 amide bonds. The van der Waals surface area contributed by atoms with Crippen LogP contribution in [0.2, 0.25) is 0 Å². The van der Waals surface area contributed by atoms with Crippen molar-refractivity contribution in [2.24, 2.45) is 5.73 Å². The smallest absolute Gasteiger partial charge is 0.153 e. The molecule has 0 aliphatic carbocycles. The summed E-state index contributed by atoms with van der Waals surface area (Å²) in [6.07, 6.45) is 2.47. The first kappa shape index (κ1) is 12.3. The normalized spacial score (nSPS) is 14.6. The predicted molar refractivity (Wildman–Crippen MR) is 55.3 cm³/mol. The second-order valence-corrected chi connectivity index (χ2v) is 6.27. The number of nitrogens with two attached hydrogens (primary N) is 1. The SMILES string of the molecule is CSCCS(=O)(=O)C(C)CCN. The molecule has 1 atom stereocenters. The predicted octanol–water partition coefficient (Wildman–Crippen LogP) is 0.502. The highest BCUT2D eigenvalue weighted by Crippen LogP contribution is 2.07. The lowest BCUT2D eigenvalue weighted by molar-refractivity contribution is 0.580. The molecular formula is C7H17NO2S2. The van der Waals surface area contributed by atoms with Crippen LogP contribution < -0.4 is 5.73 Å². The number of hydrogen-bond donors (Lipinski definition) is 1. The zero-order chi connectivity index (χ0) is 9.61. The highest BCUT2D eigenvalue weighted by atomic mass is 32.2. The van der Waals surface area contributed by atoms with Crippen LogP contribution in [-0.2, 0) is 9.84 Å². The summed E-state index contributed by atoms with van der Waals surface area (Å²) in [5.41, 5.74) is 5.29. The van der Waals surface area contributed by atoms with Crippen molar-refractivity contribution >= 4 is 21.6 Å². The summed E-state index contributed by atoms with van der Waals surface area (Å²) in [7, 11) is -2.89. The van der Waals surface area contributed by atoms with E-state index in [2.05, 4.69) is 0 Å². The maximum atomic E-state index is 11.4. The van der Waals surface area contributed by atoms with E-state index in [1.165, 1.54) is 0 Å². The summed E-state index contributed by atoms with van der Waals surface area (Å²) in [5.74, 6) is 0.951. The zero-order valence-electron chi connectivity index (χ0n) is 7.62. The van der Waals surface area contributed by atoms with Gasteiger partial charge in [0.05, 0.1) is 11.0 Å². The first-order chi connectivity index (χ1) is 5.54. The minimum absolute atomic E-state index is 0.273. The van der Waals surface area contributed by atoms with Crippen molar-refractivity contribution in [3.63, 3.8) is 0 Å². The summed E-state index contributed by atoms with van der Waals surface area (Å²) in [5, 5.41) is -0.283. The zero-order valence-corrected chi connectivity index (χ0v) is 9.25. The van der Waals surface area contributed by atoms with Crippen molar-refractivity contribution in [3.05, 3.63) is 0 Å². The fourth-order valence-electron chi connectivity index (χ4n) is 0.815. The van der Waals surface area contributed by atoms with Crippen molar-refractivity contribution in [2.45, 2.75) is 18.6 Å².